The molecule has 0 aliphatic carbocycles. The van der Waals surface area contributed by atoms with Gasteiger partial charge in [0.05, 0.1) is 0 Å². The van der Waals surface area contributed by atoms with E-state index in [1.54, 1.807) is 6.07 Å². The van der Waals surface area contributed by atoms with Gasteiger partial charge in [-0.1, -0.05) is 18.2 Å². The average molecular weight is 245 g/mol. The van der Waals surface area contributed by atoms with E-state index in [-0.39, 0.29) is 5.82 Å². The van der Waals surface area contributed by atoms with Gasteiger partial charge in [-0.05, 0) is 18.2 Å². The van der Waals surface area contributed by atoms with Crippen molar-refractivity contribution in [3.63, 3.8) is 0 Å². The molecule has 1 heterocycles. The molecule has 0 saturated carbocycles. The minimum Gasteiger partial charge on any atom is -0.475 e. The molecule has 2 aromatic rings. The fraction of sp³-hybridized carbons (Fsp3) is 0.154. The Morgan fingerprint density at radius 2 is 1.61 bits per heavy atom. The average Bonchev–Trinajstić information content (AvgIpc) is 2.41. The van der Waals surface area contributed by atoms with Crippen LogP contribution in [0.2, 0.25) is 0 Å². The van der Waals surface area contributed by atoms with Gasteiger partial charge in [0.25, 0.3) is 0 Å². The fourth-order valence-electron chi connectivity index (χ4n) is 1.14. The van der Waals surface area contributed by atoms with E-state index in [2.05, 4.69) is 27.0 Å². The zero-order chi connectivity index (χ0) is 13.4. The number of para-hydroxylation sites is 1. The van der Waals surface area contributed by atoms with Crippen molar-refractivity contribution in [2.24, 2.45) is 0 Å². The van der Waals surface area contributed by atoms with Gasteiger partial charge in [-0.3, -0.25) is 0 Å². The van der Waals surface area contributed by atoms with Crippen LogP contribution >= 0.6 is 0 Å². The number of hydrogen-bond donors (Lipinski definition) is 1. The summed E-state index contributed by atoms with van der Waals surface area (Å²) >= 11 is 0. The quantitative estimate of drug-likeness (QED) is 0.875. The fourth-order valence-corrected chi connectivity index (χ4v) is 1.14. The Morgan fingerprint density at radius 3 is 1.94 bits per heavy atom. The molecule has 5 nitrogen and oxygen atoms in total. The van der Waals surface area contributed by atoms with E-state index in [0.717, 1.165) is 0 Å². The van der Waals surface area contributed by atoms with Crippen molar-refractivity contribution in [1.82, 2.24) is 9.97 Å². The van der Waals surface area contributed by atoms with Gasteiger partial charge in [0.15, 0.2) is 0 Å². The van der Waals surface area contributed by atoms with Crippen molar-refractivity contribution < 1.29 is 9.90 Å². The number of carboxylic acid groups (broad SMARTS) is 1. The molecule has 0 amide bonds. The first-order valence-electron chi connectivity index (χ1n) is 5.34. The molecule has 0 saturated heterocycles. The van der Waals surface area contributed by atoms with Crippen LogP contribution in [0.4, 0.5) is 5.69 Å². The van der Waals surface area contributed by atoms with Crippen molar-refractivity contribution in [3.05, 3.63) is 54.6 Å². The maximum atomic E-state index is 10.1. The molecule has 0 spiro atoms. The first-order chi connectivity index (χ1) is 8.61. The van der Waals surface area contributed by atoms with Gasteiger partial charge >= 0.3 is 5.97 Å². The molecule has 0 bridgehead atoms. The Kier molecular flexibility index (Phi) is 5.31. The predicted octanol–water partition coefficient (Wildman–Crippen LogP) is 1.93. The van der Waals surface area contributed by atoms with E-state index < -0.39 is 5.97 Å². The van der Waals surface area contributed by atoms with Crippen molar-refractivity contribution in [3.8, 4) is 0 Å². The molecule has 0 fully saturated rings. The largest absolute Gasteiger partial charge is 0.475 e. The highest BCUT2D eigenvalue weighted by atomic mass is 16.4. The summed E-state index contributed by atoms with van der Waals surface area (Å²) in [6.45, 7) is 0. The number of carbonyl (C=O) groups is 1. The number of carboxylic acids is 1. The van der Waals surface area contributed by atoms with Crippen LogP contribution in [-0.4, -0.2) is 35.1 Å². The Balaban J connectivity index is 0.000000180. The van der Waals surface area contributed by atoms with Crippen molar-refractivity contribution >= 4 is 11.7 Å². The molecule has 2 rings (SSSR count). The molecule has 1 N–H and O–H groups in total. The standard InChI is InChI=1S/C8H11N.C5H4N2O2/c1-9(2)8-6-4-3-5-7-8;8-5(9)4-6-2-1-3-7-4/h3-7H,1-2H3;1-3H,(H,8,9). The molecule has 0 unspecified atom stereocenters. The number of aromatic nitrogens is 2. The van der Waals surface area contributed by atoms with Crippen molar-refractivity contribution in [1.29, 1.82) is 0 Å². The van der Waals surface area contributed by atoms with E-state index in [4.69, 9.17) is 5.11 Å². The van der Waals surface area contributed by atoms with E-state index in [1.165, 1.54) is 18.1 Å². The predicted molar refractivity (Wildman–Crippen MR) is 69.8 cm³/mol. The lowest BCUT2D eigenvalue weighted by atomic mass is 10.3. The molecule has 0 atom stereocenters. The lowest BCUT2D eigenvalue weighted by molar-refractivity contribution is 0.0683. The molecule has 0 aliphatic heterocycles. The van der Waals surface area contributed by atoms with Crippen LogP contribution in [0.15, 0.2) is 48.8 Å². The summed E-state index contributed by atoms with van der Waals surface area (Å²) in [4.78, 5) is 19.1. The lowest BCUT2D eigenvalue weighted by Gasteiger charge is -2.10. The molecule has 18 heavy (non-hydrogen) atoms. The summed E-state index contributed by atoms with van der Waals surface area (Å²) in [6.07, 6.45) is 2.77. The molecule has 0 aliphatic rings. The van der Waals surface area contributed by atoms with Crippen molar-refractivity contribution in [2.45, 2.75) is 0 Å². The van der Waals surface area contributed by atoms with Gasteiger partial charge in [0, 0.05) is 32.2 Å². The van der Waals surface area contributed by atoms with Gasteiger partial charge in [0.1, 0.15) is 0 Å². The molecule has 0 radical (unpaired) electrons. The molecular weight excluding hydrogens is 230 g/mol. The summed E-state index contributed by atoms with van der Waals surface area (Å²) < 4.78 is 0. The van der Waals surface area contributed by atoms with Crippen LogP contribution in [0.5, 0.6) is 0 Å². The summed E-state index contributed by atoms with van der Waals surface area (Å²) in [5.74, 6) is -1.27. The minimum atomic E-state index is -1.10. The SMILES string of the molecule is CN(C)c1ccccc1.O=C(O)c1ncccn1. The smallest absolute Gasteiger partial charge is 0.373 e. The Bertz CT molecular complexity index is 472. The summed E-state index contributed by atoms with van der Waals surface area (Å²) in [5, 5.41) is 8.26. The van der Waals surface area contributed by atoms with Gasteiger partial charge in [-0.15, -0.1) is 0 Å². The van der Waals surface area contributed by atoms with E-state index in [0.29, 0.717) is 0 Å². The second-order valence-corrected chi connectivity index (χ2v) is 3.61. The maximum absolute atomic E-state index is 10.1. The number of hydrogen-bond acceptors (Lipinski definition) is 4. The summed E-state index contributed by atoms with van der Waals surface area (Å²) in [5.41, 5.74) is 1.25. The Hall–Kier alpha value is -2.43. The van der Waals surface area contributed by atoms with Crippen LogP contribution in [0, 0.1) is 0 Å². The van der Waals surface area contributed by atoms with E-state index in [1.807, 2.05) is 32.3 Å². The Labute approximate surface area is 106 Å². The third-order valence-corrected chi connectivity index (χ3v) is 2.03. The molecule has 1 aromatic heterocycles. The minimum absolute atomic E-state index is 0.169. The summed E-state index contributed by atoms with van der Waals surface area (Å²) in [7, 11) is 4.07. The van der Waals surface area contributed by atoms with Gasteiger partial charge in [-0.2, -0.15) is 0 Å². The lowest BCUT2D eigenvalue weighted by Crippen LogP contribution is -2.07. The van der Waals surface area contributed by atoms with Gasteiger partial charge in [0.2, 0.25) is 5.82 Å². The second-order valence-electron chi connectivity index (χ2n) is 3.61. The zero-order valence-electron chi connectivity index (χ0n) is 10.3. The normalized spacial score (nSPS) is 9.00. The van der Waals surface area contributed by atoms with Crippen LogP contribution in [0.3, 0.4) is 0 Å². The molecule has 1 aromatic carbocycles. The number of nitrogens with zero attached hydrogens (tertiary/aromatic N) is 3. The maximum Gasteiger partial charge on any atom is 0.373 e. The zero-order valence-corrected chi connectivity index (χ0v) is 10.3. The Morgan fingerprint density at radius 1 is 1.06 bits per heavy atom. The highest BCUT2D eigenvalue weighted by molar-refractivity contribution is 5.82. The van der Waals surface area contributed by atoms with Crippen LogP contribution in [0.1, 0.15) is 10.6 Å². The number of benzene rings is 1. The first kappa shape index (κ1) is 13.6. The first-order valence-corrected chi connectivity index (χ1v) is 5.34. The topological polar surface area (TPSA) is 66.3 Å². The molecular formula is C13H15N3O2. The molecule has 5 heteroatoms. The number of rotatable bonds is 2. The monoisotopic (exact) mass is 245 g/mol. The van der Waals surface area contributed by atoms with Crippen LogP contribution in [-0.2, 0) is 0 Å². The summed E-state index contributed by atoms with van der Waals surface area (Å²) in [6, 6.07) is 11.8. The number of aromatic carboxylic acids is 1. The van der Waals surface area contributed by atoms with Crippen LogP contribution in [0.25, 0.3) is 0 Å². The van der Waals surface area contributed by atoms with Crippen molar-refractivity contribution in [2.75, 3.05) is 19.0 Å². The highest BCUT2D eigenvalue weighted by Crippen LogP contribution is 2.07. The second kappa shape index (κ2) is 7.01. The van der Waals surface area contributed by atoms with Gasteiger partial charge < -0.3 is 10.0 Å². The van der Waals surface area contributed by atoms with Gasteiger partial charge in [-0.25, -0.2) is 14.8 Å². The third kappa shape index (κ3) is 4.61. The molecule has 94 valence electrons. The highest BCUT2D eigenvalue weighted by Gasteiger charge is 2.01. The van der Waals surface area contributed by atoms with E-state index in [9.17, 15) is 4.79 Å². The number of anilines is 1. The third-order valence-electron chi connectivity index (χ3n) is 2.03. The van der Waals surface area contributed by atoms with E-state index >= 15 is 0 Å². The van der Waals surface area contributed by atoms with Crippen LogP contribution < -0.4 is 4.90 Å².